The molecular formula is C69H69BrCl4N4O11. The van der Waals surface area contributed by atoms with Crippen LogP contribution in [0.5, 0.6) is 0 Å². The number of hydrogen-bond acceptors (Lipinski definition) is 11. The molecule has 0 unspecified atom stereocenters. The molecule has 0 aliphatic carbocycles. The van der Waals surface area contributed by atoms with Gasteiger partial charge in [-0.1, -0.05) is 129 Å². The molecule has 10 aromatic rings. The molecule has 0 saturated carbocycles. The minimum Gasteiger partial charge on any atom is -0.465 e. The molecule has 0 bridgehead atoms. The lowest BCUT2D eigenvalue weighted by molar-refractivity contribution is 0.0592. The molecule has 3 aromatic heterocycles. The van der Waals surface area contributed by atoms with Crippen LogP contribution in [0.25, 0.3) is 32.3 Å². The average molecular weight is 1350 g/mol. The van der Waals surface area contributed by atoms with E-state index in [4.69, 9.17) is 66.6 Å². The van der Waals surface area contributed by atoms with E-state index >= 15 is 0 Å². The zero-order chi connectivity index (χ0) is 64.7. The van der Waals surface area contributed by atoms with Crippen LogP contribution in [0.15, 0.2) is 203 Å². The van der Waals surface area contributed by atoms with Gasteiger partial charge in [-0.3, -0.25) is 24.4 Å². The first-order valence-electron chi connectivity index (χ1n) is 28.1. The predicted molar refractivity (Wildman–Crippen MR) is 361 cm³/mol. The number of aromatic amines is 1. The largest absolute Gasteiger partial charge is 0.465 e. The molecule has 0 radical (unpaired) electrons. The van der Waals surface area contributed by atoms with Gasteiger partial charge < -0.3 is 33.8 Å². The van der Waals surface area contributed by atoms with Gasteiger partial charge in [0, 0.05) is 92.5 Å². The third-order valence-electron chi connectivity index (χ3n) is 13.5. The summed E-state index contributed by atoms with van der Waals surface area (Å²) in [6.07, 6.45) is 12.5. The van der Waals surface area contributed by atoms with E-state index in [1.165, 1.54) is 55.0 Å². The van der Waals surface area contributed by atoms with Crippen LogP contribution < -0.4 is 22.2 Å². The Hall–Kier alpha value is -7.90. The molecule has 0 atom stereocenters. The van der Waals surface area contributed by atoms with Crippen molar-refractivity contribution in [3.63, 3.8) is 0 Å². The quantitative estimate of drug-likeness (QED) is 0.0250. The van der Waals surface area contributed by atoms with Crippen LogP contribution in [0.2, 0.25) is 20.1 Å². The molecule has 7 aromatic carbocycles. The fraction of sp³-hybridized carbons (Fsp3) is 0.217. The van der Waals surface area contributed by atoms with Gasteiger partial charge in [0.15, 0.2) is 0 Å². The molecule has 1 amide bonds. The van der Waals surface area contributed by atoms with Gasteiger partial charge in [0.2, 0.25) is 0 Å². The van der Waals surface area contributed by atoms with E-state index in [0.717, 1.165) is 88.6 Å². The summed E-state index contributed by atoms with van der Waals surface area (Å²) in [7, 11) is 3.63. The minimum atomic E-state index is -0.639. The molecule has 466 valence electrons. The third kappa shape index (κ3) is 23.2. The number of aromatic nitrogens is 3. The zero-order valence-corrected chi connectivity index (χ0v) is 53.9. The number of nitrogens with one attached hydrogen (secondary N) is 2. The molecule has 10 rings (SSSR count). The van der Waals surface area contributed by atoms with Crippen LogP contribution >= 0.6 is 62.3 Å². The number of alkyl halides is 1. The Morgan fingerprint density at radius 1 is 0.483 bits per heavy atom. The zero-order valence-electron chi connectivity index (χ0n) is 49.3. The van der Waals surface area contributed by atoms with Crippen LogP contribution in [0.3, 0.4) is 0 Å². The van der Waals surface area contributed by atoms with Crippen molar-refractivity contribution in [2.75, 3.05) is 33.3 Å². The predicted octanol–water partition coefficient (Wildman–Crippen LogP) is 14.3. The third-order valence-corrected chi connectivity index (χ3v) is 15.1. The topological polar surface area (TPSA) is 219 Å². The van der Waals surface area contributed by atoms with Gasteiger partial charge >= 0.3 is 11.9 Å². The van der Waals surface area contributed by atoms with Gasteiger partial charge in [-0.2, -0.15) is 0 Å². The molecule has 5 N–H and O–H groups in total. The highest BCUT2D eigenvalue weighted by molar-refractivity contribution is 9.09. The molecule has 3 heterocycles. The molecule has 89 heavy (non-hydrogen) atoms. The number of hydrogen-bond donors (Lipinski definition) is 5. The van der Waals surface area contributed by atoms with Gasteiger partial charge in [0.1, 0.15) is 0 Å². The Morgan fingerprint density at radius 2 is 0.831 bits per heavy atom. The highest BCUT2D eigenvalue weighted by Gasteiger charge is 2.12. The Morgan fingerprint density at radius 3 is 1.20 bits per heavy atom. The minimum absolute atomic E-state index is 0.0978. The number of ether oxygens (including phenoxy) is 2. The van der Waals surface area contributed by atoms with E-state index in [9.17, 15) is 28.8 Å². The fourth-order valence-electron chi connectivity index (χ4n) is 8.86. The van der Waals surface area contributed by atoms with E-state index < -0.39 is 17.8 Å². The Labute approximate surface area is 544 Å². The first kappa shape index (κ1) is 71.8. The lowest BCUT2D eigenvalue weighted by Gasteiger charge is -2.08. The number of aliphatic hydroxyl groups excluding tert-OH is 2. The van der Waals surface area contributed by atoms with E-state index in [2.05, 4.69) is 37.8 Å². The van der Waals surface area contributed by atoms with Crippen molar-refractivity contribution in [2.24, 2.45) is 0 Å². The van der Waals surface area contributed by atoms with Crippen molar-refractivity contribution in [1.29, 1.82) is 0 Å². The standard InChI is InChI=1S/C20H18ClNO3.C19H17ClN2O3.C11H9NO3.C9H10BrCl.C9H11ClO.CH4O/c1-25-20(24)16-7-6-15-10-12-22(19(23)18(15)13-16)11-2-3-14-4-8-17(21)9-5-14;20-16-7-3-13(4-8-16)2-1-10-22-11-9-14-5-6-15(18(23)21-25)12-17(14)19(22)24;1-15-11(14)8-3-2-7-4-5-12-10(13)9(7)6-8;10-7-1-2-8-3-5-9(11)6-4-8;10-9-5-3-8(4-6-9)2-1-7-11;1-2/h4-10,12-13H,2-3,11H2,1H3;3-9,11-12,25H,1-2,10H2,(H,21,23);2-6H,1H3,(H,12,13);3-6H,1-2,7H2;3-6,11H,1-2,7H2;2H,1H3. The summed E-state index contributed by atoms with van der Waals surface area (Å²) in [5, 5.41) is 32.2. The number of H-pyrrole nitrogens is 1. The number of aryl methyl sites for hydroxylation is 6. The number of fused-ring (bicyclic) bond motifs is 3. The summed E-state index contributed by atoms with van der Waals surface area (Å²) in [5.74, 6) is -1.53. The summed E-state index contributed by atoms with van der Waals surface area (Å²) in [6.45, 7) is 1.44. The number of hydroxylamine groups is 1. The first-order valence-corrected chi connectivity index (χ1v) is 30.8. The number of pyridine rings is 3. The molecule has 0 saturated heterocycles. The van der Waals surface area contributed by atoms with Gasteiger partial charge in [0.25, 0.3) is 22.6 Å². The molecule has 0 aliphatic rings. The smallest absolute Gasteiger partial charge is 0.337 e. The maximum atomic E-state index is 12.7. The van der Waals surface area contributed by atoms with Crippen LogP contribution in [0.1, 0.15) is 79.0 Å². The monoisotopic (exact) mass is 1350 g/mol. The second kappa shape index (κ2) is 38.5. The molecule has 0 fully saturated rings. The maximum absolute atomic E-state index is 12.7. The normalized spacial score (nSPS) is 10.3. The van der Waals surface area contributed by atoms with Gasteiger partial charge in [-0.05, 0) is 193 Å². The number of halogens is 5. The number of rotatable bonds is 17. The van der Waals surface area contributed by atoms with E-state index in [-0.39, 0.29) is 28.8 Å². The maximum Gasteiger partial charge on any atom is 0.337 e. The lowest BCUT2D eigenvalue weighted by atomic mass is 10.1. The molecule has 0 spiro atoms. The molecule has 0 aliphatic heterocycles. The molecule has 20 heteroatoms. The van der Waals surface area contributed by atoms with Crippen LogP contribution in [-0.2, 0) is 48.2 Å². The highest BCUT2D eigenvalue weighted by Crippen LogP contribution is 2.19. The number of benzene rings is 7. The van der Waals surface area contributed by atoms with E-state index in [1.807, 2.05) is 97.1 Å². The van der Waals surface area contributed by atoms with Crippen molar-refractivity contribution in [3.8, 4) is 0 Å². The van der Waals surface area contributed by atoms with Gasteiger partial charge in [0.05, 0.1) is 25.3 Å². The number of aliphatic hydroxyl groups is 2. The Kier molecular flexibility index (Phi) is 31.1. The number of nitrogens with zero attached hydrogens (tertiary/aromatic N) is 2. The van der Waals surface area contributed by atoms with E-state index in [0.29, 0.717) is 45.4 Å². The Bertz CT molecular complexity index is 3840. The number of carbonyl (C=O) groups is 3. The summed E-state index contributed by atoms with van der Waals surface area (Å²) in [5.41, 5.74) is 7.05. The van der Waals surface area contributed by atoms with Crippen LogP contribution in [0, 0.1) is 0 Å². The van der Waals surface area contributed by atoms with Crippen molar-refractivity contribution >= 4 is 112 Å². The molecule has 15 nitrogen and oxygen atoms in total. The summed E-state index contributed by atoms with van der Waals surface area (Å²) >= 11 is 26.6. The number of methoxy groups -OCH3 is 2. The van der Waals surface area contributed by atoms with Crippen molar-refractivity contribution < 1.29 is 39.3 Å². The summed E-state index contributed by atoms with van der Waals surface area (Å²) in [6, 6.07) is 51.3. The number of carbonyl (C=O) groups excluding carboxylic acids is 3. The number of amides is 1. The fourth-order valence-corrected chi connectivity index (χ4v) is 9.64. The van der Waals surface area contributed by atoms with Gasteiger partial charge in [-0.15, -0.1) is 0 Å². The van der Waals surface area contributed by atoms with Crippen LogP contribution in [0.4, 0.5) is 0 Å². The lowest BCUT2D eigenvalue weighted by Crippen LogP contribution is -2.22. The highest BCUT2D eigenvalue weighted by atomic mass is 79.9. The molecular weight excluding hydrogens is 1280 g/mol. The van der Waals surface area contributed by atoms with Crippen molar-refractivity contribution in [2.45, 2.75) is 64.5 Å². The average Bonchev–Trinajstić information content (AvgIpc) is 2.25. The van der Waals surface area contributed by atoms with Crippen molar-refractivity contribution in [1.82, 2.24) is 19.6 Å². The second-order valence-corrected chi connectivity index (χ2v) is 22.1. The first-order chi connectivity index (χ1) is 43.0. The van der Waals surface area contributed by atoms with Gasteiger partial charge in [-0.25, -0.2) is 15.1 Å². The number of esters is 2. The Balaban J connectivity index is 0.000000210. The SMILES string of the molecule is CO.COC(=O)c1ccc2cc[nH]c(=O)c2c1.COC(=O)c1ccc2ccn(CCCc3ccc(Cl)cc3)c(=O)c2c1.Clc1ccc(CCCBr)cc1.O=C(NO)c1ccc2ccn(CCCc3ccc(Cl)cc3)c(=O)c2c1.OCCCc1ccc(Cl)cc1. The summed E-state index contributed by atoms with van der Waals surface area (Å²) < 4.78 is 12.6. The van der Waals surface area contributed by atoms with Crippen LogP contribution in [-0.4, -0.2) is 80.7 Å². The second-order valence-electron chi connectivity index (χ2n) is 19.6. The van der Waals surface area contributed by atoms with Crippen molar-refractivity contribution in [3.05, 3.63) is 279 Å². The summed E-state index contributed by atoms with van der Waals surface area (Å²) in [4.78, 5) is 73.7. The van der Waals surface area contributed by atoms with E-state index in [1.54, 1.807) is 81.7 Å².